The van der Waals surface area contributed by atoms with Gasteiger partial charge < -0.3 is 9.72 Å². The fraction of sp³-hybridized carbons (Fsp3) is 0.0455. The number of H-pyrrole nitrogens is 1. The van der Waals surface area contributed by atoms with Gasteiger partial charge in [0.05, 0.1) is 27.9 Å². The van der Waals surface area contributed by atoms with Gasteiger partial charge in [-0.3, -0.25) is 10.1 Å². The van der Waals surface area contributed by atoms with Gasteiger partial charge in [-0.2, -0.15) is 0 Å². The van der Waals surface area contributed by atoms with Gasteiger partial charge in [0.1, 0.15) is 11.6 Å². The molecule has 6 nitrogen and oxygen atoms in total. The van der Waals surface area contributed by atoms with E-state index < -0.39 is 4.92 Å². The molecule has 7 heteroatoms. The van der Waals surface area contributed by atoms with Crippen molar-refractivity contribution >= 4 is 21.6 Å². The SMILES string of the molecule is COc1ccc(-c2nc(-c3ccccc3)c(-c3ccc([N+](=O)[O-])cc3)[nH]2)cc1Br. The Morgan fingerprint density at radius 2 is 1.66 bits per heavy atom. The molecule has 0 aliphatic carbocycles. The van der Waals surface area contributed by atoms with Crippen molar-refractivity contribution in [3.05, 3.63) is 87.4 Å². The molecule has 1 aromatic heterocycles. The summed E-state index contributed by atoms with van der Waals surface area (Å²) >= 11 is 3.51. The molecule has 0 saturated carbocycles. The lowest BCUT2D eigenvalue weighted by atomic mass is 10.0. The molecule has 1 heterocycles. The fourth-order valence-corrected chi connectivity index (χ4v) is 3.63. The Hall–Kier alpha value is -3.45. The average Bonchev–Trinajstić information content (AvgIpc) is 3.20. The van der Waals surface area contributed by atoms with Crippen LogP contribution in [0.1, 0.15) is 0 Å². The number of nitro benzene ring substituents is 1. The van der Waals surface area contributed by atoms with Crippen LogP contribution in [0.5, 0.6) is 5.75 Å². The van der Waals surface area contributed by atoms with Gasteiger partial charge in [0.2, 0.25) is 0 Å². The van der Waals surface area contributed by atoms with Gasteiger partial charge in [-0.05, 0) is 46.3 Å². The lowest BCUT2D eigenvalue weighted by Gasteiger charge is -2.04. The third kappa shape index (κ3) is 3.77. The molecule has 144 valence electrons. The van der Waals surface area contributed by atoms with Gasteiger partial charge in [-0.1, -0.05) is 30.3 Å². The van der Waals surface area contributed by atoms with Gasteiger partial charge in [0.25, 0.3) is 5.69 Å². The van der Waals surface area contributed by atoms with E-state index >= 15 is 0 Å². The van der Waals surface area contributed by atoms with Crippen molar-refractivity contribution in [2.75, 3.05) is 7.11 Å². The number of methoxy groups -OCH3 is 1. The number of nitrogens with zero attached hydrogens (tertiary/aromatic N) is 2. The lowest BCUT2D eigenvalue weighted by molar-refractivity contribution is -0.384. The predicted octanol–water partition coefficient (Wildman–Crippen LogP) is 6.09. The van der Waals surface area contributed by atoms with Crippen molar-refractivity contribution in [3.8, 4) is 39.7 Å². The summed E-state index contributed by atoms with van der Waals surface area (Å²) in [6, 6.07) is 22.0. The quantitative estimate of drug-likeness (QED) is 0.295. The van der Waals surface area contributed by atoms with E-state index in [0.717, 1.165) is 38.3 Å². The predicted molar refractivity (Wildman–Crippen MR) is 116 cm³/mol. The van der Waals surface area contributed by atoms with E-state index in [4.69, 9.17) is 9.72 Å². The van der Waals surface area contributed by atoms with Gasteiger partial charge >= 0.3 is 0 Å². The van der Waals surface area contributed by atoms with Gasteiger partial charge in [-0.25, -0.2) is 4.98 Å². The van der Waals surface area contributed by atoms with Crippen LogP contribution in [0.15, 0.2) is 77.3 Å². The monoisotopic (exact) mass is 449 g/mol. The second-order valence-corrected chi connectivity index (χ2v) is 7.18. The van der Waals surface area contributed by atoms with Crippen molar-refractivity contribution in [1.82, 2.24) is 9.97 Å². The van der Waals surface area contributed by atoms with Crippen LogP contribution in [-0.2, 0) is 0 Å². The zero-order chi connectivity index (χ0) is 20.4. The molecule has 3 aromatic carbocycles. The maximum absolute atomic E-state index is 11.0. The highest BCUT2D eigenvalue weighted by Gasteiger charge is 2.17. The van der Waals surface area contributed by atoms with Gasteiger partial charge in [0.15, 0.2) is 0 Å². The van der Waals surface area contributed by atoms with E-state index in [-0.39, 0.29) is 5.69 Å². The number of halogens is 1. The third-order valence-electron chi connectivity index (χ3n) is 4.54. The first-order valence-corrected chi connectivity index (χ1v) is 9.60. The van der Waals surface area contributed by atoms with Crippen molar-refractivity contribution in [2.24, 2.45) is 0 Å². The van der Waals surface area contributed by atoms with Crippen molar-refractivity contribution < 1.29 is 9.66 Å². The van der Waals surface area contributed by atoms with Crippen LogP contribution in [0, 0.1) is 10.1 Å². The van der Waals surface area contributed by atoms with Crippen LogP contribution in [-0.4, -0.2) is 22.0 Å². The maximum Gasteiger partial charge on any atom is 0.269 e. The number of aromatic amines is 1. The Morgan fingerprint density at radius 3 is 2.28 bits per heavy atom. The molecule has 0 amide bonds. The number of hydrogen-bond donors (Lipinski definition) is 1. The van der Waals surface area contributed by atoms with Crippen molar-refractivity contribution in [1.29, 1.82) is 0 Å². The van der Waals surface area contributed by atoms with E-state index in [2.05, 4.69) is 20.9 Å². The lowest BCUT2D eigenvalue weighted by Crippen LogP contribution is -1.88. The summed E-state index contributed by atoms with van der Waals surface area (Å²) in [5.74, 6) is 1.43. The van der Waals surface area contributed by atoms with Crippen LogP contribution in [0.2, 0.25) is 0 Å². The Kier molecular flexibility index (Phi) is 5.14. The summed E-state index contributed by atoms with van der Waals surface area (Å²) in [4.78, 5) is 18.8. The van der Waals surface area contributed by atoms with Gasteiger partial charge in [-0.15, -0.1) is 0 Å². The third-order valence-corrected chi connectivity index (χ3v) is 5.16. The molecule has 4 aromatic rings. The molecular formula is C22H16BrN3O3. The number of rotatable bonds is 5. The number of imidazole rings is 1. The number of hydrogen-bond acceptors (Lipinski definition) is 4. The number of benzene rings is 3. The van der Waals surface area contributed by atoms with E-state index in [0.29, 0.717) is 5.82 Å². The minimum atomic E-state index is -0.408. The summed E-state index contributed by atoms with van der Waals surface area (Å²) in [7, 11) is 1.62. The second kappa shape index (κ2) is 7.89. The summed E-state index contributed by atoms with van der Waals surface area (Å²) in [6.45, 7) is 0. The standard InChI is InChI=1S/C22H16BrN3O3/c1-29-19-12-9-16(13-18(19)23)22-24-20(14-5-3-2-4-6-14)21(25-22)15-7-10-17(11-8-15)26(27)28/h2-13H,1H3,(H,24,25). The van der Waals surface area contributed by atoms with E-state index in [1.165, 1.54) is 12.1 Å². The summed E-state index contributed by atoms with van der Waals surface area (Å²) in [5.41, 5.74) is 4.29. The number of ether oxygens (including phenoxy) is 1. The van der Waals surface area contributed by atoms with Crippen LogP contribution < -0.4 is 4.74 Å². The van der Waals surface area contributed by atoms with Gasteiger partial charge in [0, 0.05) is 28.8 Å². The normalized spacial score (nSPS) is 10.7. The zero-order valence-corrected chi connectivity index (χ0v) is 17.0. The largest absolute Gasteiger partial charge is 0.496 e. The molecule has 0 radical (unpaired) electrons. The topological polar surface area (TPSA) is 81.1 Å². The van der Waals surface area contributed by atoms with Crippen LogP contribution in [0.25, 0.3) is 33.9 Å². The number of nitrogens with one attached hydrogen (secondary N) is 1. The Bertz CT molecular complexity index is 1170. The Morgan fingerprint density at radius 1 is 0.966 bits per heavy atom. The summed E-state index contributed by atoms with van der Waals surface area (Å²) in [6.07, 6.45) is 0. The summed E-state index contributed by atoms with van der Waals surface area (Å²) < 4.78 is 6.13. The number of non-ortho nitro benzene ring substituents is 1. The van der Waals surface area contributed by atoms with E-state index in [1.54, 1.807) is 19.2 Å². The fourth-order valence-electron chi connectivity index (χ4n) is 3.09. The highest BCUT2D eigenvalue weighted by Crippen LogP contribution is 2.35. The summed E-state index contributed by atoms with van der Waals surface area (Å²) in [5, 5.41) is 11.0. The van der Waals surface area contributed by atoms with E-state index in [1.807, 2.05) is 48.5 Å². The first-order chi connectivity index (χ1) is 14.1. The number of nitro groups is 1. The minimum Gasteiger partial charge on any atom is -0.496 e. The van der Waals surface area contributed by atoms with E-state index in [9.17, 15) is 10.1 Å². The highest BCUT2D eigenvalue weighted by atomic mass is 79.9. The Labute approximate surface area is 175 Å². The first kappa shape index (κ1) is 18.9. The molecule has 0 bridgehead atoms. The molecule has 29 heavy (non-hydrogen) atoms. The van der Waals surface area contributed by atoms with Crippen molar-refractivity contribution in [2.45, 2.75) is 0 Å². The molecule has 0 aliphatic heterocycles. The van der Waals surface area contributed by atoms with Crippen LogP contribution in [0.4, 0.5) is 5.69 Å². The molecule has 0 aliphatic rings. The number of aromatic nitrogens is 2. The molecule has 1 N–H and O–H groups in total. The minimum absolute atomic E-state index is 0.0498. The highest BCUT2D eigenvalue weighted by molar-refractivity contribution is 9.10. The zero-order valence-electron chi connectivity index (χ0n) is 15.4. The molecule has 0 fully saturated rings. The molecule has 4 rings (SSSR count). The Balaban J connectivity index is 1.85. The molecular weight excluding hydrogens is 434 g/mol. The first-order valence-electron chi connectivity index (χ1n) is 8.81. The van der Waals surface area contributed by atoms with Crippen LogP contribution in [0.3, 0.4) is 0 Å². The average molecular weight is 450 g/mol. The molecule has 0 unspecified atom stereocenters. The van der Waals surface area contributed by atoms with Crippen molar-refractivity contribution in [3.63, 3.8) is 0 Å². The maximum atomic E-state index is 11.0. The molecule has 0 saturated heterocycles. The molecule has 0 spiro atoms. The van der Waals surface area contributed by atoms with Crippen LogP contribution >= 0.6 is 15.9 Å². The second-order valence-electron chi connectivity index (χ2n) is 6.33. The smallest absolute Gasteiger partial charge is 0.269 e. The molecule has 0 atom stereocenters.